The summed E-state index contributed by atoms with van der Waals surface area (Å²) in [5.41, 5.74) is 6.20. The van der Waals surface area contributed by atoms with Gasteiger partial charge >= 0.3 is 0 Å². The highest BCUT2D eigenvalue weighted by Gasteiger charge is 2.19. The number of nitrogens with one attached hydrogen (secondary N) is 3. The summed E-state index contributed by atoms with van der Waals surface area (Å²) >= 11 is 18.0. The predicted molar refractivity (Wildman–Crippen MR) is 112 cm³/mol. The molecule has 0 aliphatic carbocycles. The first-order chi connectivity index (χ1) is 13.8. The zero-order valence-electron chi connectivity index (χ0n) is 14.9. The van der Waals surface area contributed by atoms with Gasteiger partial charge in [0, 0.05) is 35.9 Å². The number of nitrogens with two attached hydrogens (primary N) is 1. The summed E-state index contributed by atoms with van der Waals surface area (Å²) in [6.45, 7) is -0.145. The third-order valence-corrected chi connectivity index (χ3v) is 4.58. The van der Waals surface area contributed by atoms with Gasteiger partial charge in [-0.3, -0.25) is 4.79 Å². The van der Waals surface area contributed by atoms with Crippen LogP contribution >= 0.6 is 34.8 Å². The van der Waals surface area contributed by atoms with Gasteiger partial charge in [-0.25, -0.2) is 9.37 Å². The summed E-state index contributed by atoms with van der Waals surface area (Å²) in [5.74, 6) is -0.975. The minimum atomic E-state index is -0.736. The third kappa shape index (κ3) is 4.84. The Balaban J connectivity index is 1.79. The monoisotopic (exact) mass is 457 g/mol. The fourth-order valence-corrected chi connectivity index (χ4v) is 3.08. The molecule has 0 radical (unpaired) electrons. The largest absolute Gasteiger partial charge is 0.453 e. The number of nitrogens with zero attached hydrogens (tertiary/aromatic N) is 1. The summed E-state index contributed by atoms with van der Waals surface area (Å²) in [4.78, 5) is 19.0. The number of rotatable bonds is 6. The fourth-order valence-electron chi connectivity index (χ4n) is 2.44. The smallest absolute Gasteiger partial charge is 0.273 e. The molecule has 152 valence electrons. The van der Waals surface area contributed by atoms with E-state index in [1.807, 2.05) is 0 Å². The Morgan fingerprint density at radius 3 is 2.69 bits per heavy atom. The van der Waals surface area contributed by atoms with Crippen molar-refractivity contribution in [3.63, 3.8) is 0 Å². The number of benzene rings is 2. The Morgan fingerprint density at radius 1 is 1.28 bits per heavy atom. The van der Waals surface area contributed by atoms with E-state index in [1.165, 1.54) is 30.3 Å². The molecule has 0 aliphatic heterocycles. The van der Waals surface area contributed by atoms with E-state index in [4.69, 9.17) is 45.3 Å². The van der Waals surface area contributed by atoms with Crippen molar-refractivity contribution in [2.24, 2.45) is 0 Å². The summed E-state index contributed by atoms with van der Waals surface area (Å²) < 4.78 is 20.5. The van der Waals surface area contributed by atoms with E-state index in [2.05, 4.69) is 20.6 Å². The van der Waals surface area contributed by atoms with E-state index in [0.717, 1.165) is 0 Å². The van der Waals surface area contributed by atoms with Gasteiger partial charge in [-0.15, -0.1) is 0 Å². The second-order valence-corrected chi connectivity index (χ2v) is 7.07. The summed E-state index contributed by atoms with van der Waals surface area (Å²) in [7, 11) is 1.62. The van der Waals surface area contributed by atoms with Gasteiger partial charge in [-0.05, 0) is 18.2 Å². The van der Waals surface area contributed by atoms with Crippen LogP contribution in [0.1, 0.15) is 16.1 Å². The standard InChI is InChI=1S/C18H15Cl3FN5O2/c1-24-18-26-14(16(21)27-18)17(28)25-7-8-2-3-12(20)15(13(8)22)29-11-5-9(19)4-10(23)6-11/h2-6H,7,23H2,1H3,(H,25,28)(H2,24,26,27). The predicted octanol–water partition coefficient (Wildman–Crippen LogP) is 4.86. The number of H-pyrrole nitrogens is 1. The van der Waals surface area contributed by atoms with Gasteiger partial charge in [0.2, 0.25) is 5.95 Å². The number of imidazole rings is 1. The van der Waals surface area contributed by atoms with Crippen LogP contribution in [0.4, 0.5) is 16.0 Å². The molecular formula is C18H15Cl3FN5O2. The number of aromatic nitrogens is 2. The third-order valence-electron chi connectivity index (χ3n) is 3.79. The quantitative estimate of drug-likeness (QED) is 0.395. The number of hydrogen-bond acceptors (Lipinski definition) is 5. The maximum absolute atomic E-state index is 14.9. The molecule has 0 atom stereocenters. The van der Waals surface area contributed by atoms with E-state index in [-0.39, 0.29) is 39.5 Å². The minimum Gasteiger partial charge on any atom is -0.453 e. The SMILES string of the molecule is CNc1nc(C(=O)NCc2ccc(Cl)c(Oc3cc(N)cc(Cl)c3)c2F)c(Cl)[nH]1. The molecule has 5 N–H and O–H groups in total. The van der Waals surface area contributed by atoms with Crippen molar-refractivity contribution in [3.8, 4) is 11.5 Å². The lowest BCUT2D eigenvalue weighted by Crippen LogP contribution is -2.24. The molecule has 29 heavy (non-hydrogen) atoms. The number of aromatic amines is 1. The van der Waals surface area contributed by atoms with E-state index in [0.29, 0.717) is 16.7 Å². The minimum absolute atomic E-state index is 0.0173. The van der Waals surface area contributed by atoms with E-state index in [1.54, 1.807) is 7.05 Å². The van der Waals surface area contributed by atoms with Crippen molar-refractivity contribution in [2.45, 2.75) is 6.54 Å². The van der Waals surface area contributed by atoms with Crippen LogP contribution in [0.5, 0.6) is 11.5 Å². The Labute approximate surface area is 180 Å². The number of carbonyl (C=O) groups excluding carboxylic acids is 1. The van der Waals surface area contributed by atoms with Crippen molar-refractivity contribution >= 4 is 52.3 Å². The molecular weight excluding hydrogens is 444 g/mol. The molecule has 1 amide bonds. The van der Waals surface area contributed by atoms with E-state index < -0.39 is 11.7 Å². The first-order valence-corrected chi connectivity index (χ1v) is 9.34. The lowest BCUT2D eigenvalue weighted by Gasteiger charge is -2.13. The molecule has 2 aromatic carbocycles. The van der Waals surface area contributed by atoms with E-state index in [9.17, 15) is 9.18 Å². The van der Waals surface area contributed by atoms with Crippen molar-refractivity contribution in [2.75, 3.05) is 18.1 Å². The van der Waals surface area contributed by atoms with Gasteiger partial charge in [0.05, 0.1) is 5.02 Å². The molecule has 0 saturated carbocycles. The van der Waals surface area contributed by atoms with Crippen LogP contribution in [0, 0.1) is 5.82 Å². The molecule has 0 unspecified atom stereocenters. The average Bonchev–Trinajstić information content (AvgIpc) is 3.04. The number of nitrogen functional groups attached to an aromatic ring is 1. The molecule has 0 aliphatic rings. The van der Waals surface area contributed by atoms with E-state index >= 15 is 0 Å². The van der Waals surface area contributed by atoms with Gasteiger partial charge in [-0.1, -0.05) is 40.9 Å². The number of ether oxygens (including phenoxy) is 1. The lowest BCUT2D eigenvalue weighted by molar-refractivity contribution is 0.0946. The lowest BCUT2D eigenvalue weighted by atomic mass is 10.2. The summed E-state index contributed by atoms with van der Waals surface area (Å²) in [6, 6.07) is 7.37. The Bertz CT molecular complexity index is 1050. The maximum Gasteiger partial charge on any atom is 0.273 e. The molecule has 1 aromatic heterocycles. The molecule has 0 spiro atoms. The van der Waals surface area contributed by atoms with Crippen LogP contribution in [0.3, 0.4) is 0 Å². The molecule has 0 saturated heterocycles. The highest BCUT2D eigenvalue weighted by Crippen LogP contribution is 2.35. The molecule has 0 bridgehead atoms. The van der Waals surface area contributed by atoms with Crippen LogP contribution in [-0.4, -0.2) is 22.9 Å². The van der Waals surface area contributed by atoms with Crippen molar-refractivity contribution in [3.05, 3.63) is 62.6 Å². The Kier molecular flexibility index (Phi) is 6.36. The Hall–Kier alpha value is -2.68. The molecule has 7 nitrogen and oxygen atoms in total. The number of amides is 1. The second kappa shape index (κ2) is 8.77. The van der Waals surface area contributed by atoms with Crippen LogP contribution < -0.4 is 21.1 Å². The first kappa shape index (κ1) is 21.0. The summed E-state index contributed by atoms with van der Waals surface area (Å²) in [5, 5.41) is 5.72. The maximum atomic E-state index is 14.9. The van der Waals surface area contributed by atoms with Crippen LogP contribution in [0.15, 0.2) is 30.3 Å². The molecule has 3 rings (SSSR count). The number of carbonyl (C=O) groups is 1. The van der Waals surface area contributed by atoms with Gasteiger partial charge in [-0.2, -0.15) is 0 Å². The molecule has 1 heterocycles. The van der Waals surface area contributed by atoms with Gasteiger partial charge in [0.1, 0.15) is 10.9 Å². The topological polar surface area (TPSA) is 105 Å². The summed E-state index contributed by atoms with van der Waals surface area (Å²) in [6.07, 6.45) is 0. The van der Waals surface area contributed by atoms with Crippen LogP contribution in [0.2, 0.25) is 15.2 Å². The fraction of sp³-hybridized carbons (Fsp3) is 0.111. The van der Waals surface area contributed by atoms with Crippen molar-refractivity contribution in [1.29, 1.82) is 0 Å². The van der Waals surface area contributed by atoms with Gasteiger partial charge < -0.3 is 26.1 Å². The van der Waals surface area contributed by atoms with Gasteiger partial charge in [0.15, 0.2) is 17.3 Å². The first-order valence-electron chi connectivity index (χ1n) is 8.20. The normalized spacial score (nSPS) is 10.7. The number of halogens is 4. The highest BCUT2D eigenvalue weighted by molar-refractivity contribution is 6.33. The molecule has 3 aromatic rings. The molecule has 0 fully saturated rings. The van der Waals surface area contributed by atoms with Crippen LogP contribution in [-0.2, 0) is 6.54 Å². The Morgan fingerprint density at radius 2 is 2.03 bits per heavy atom. The number of anilines is 2. The van der Waals surface area contributed by atoms with Crippen molar-refractivity contribution in [1.82, 2.24) is 15.3 Å². The number of hydrogen-bond donors (Lipinski definition) is 4. The molecule has 11 heteroatoms. The van der Waals surface area contributed by atoms with Gasteiger partial charge in [0.25, 0.3) is 5.91 Å². The zero-order chi connectivity index (χ0) is 21.1. The highest BCUT2D eigenvalue weighted by atomic mass is 35.5. The zero-order valence-corrected chi connectivity index (χ0v) is 17.2. The second-order valence-electron chi connectivity index (χ2n) is 5.85. The van der Waals surface area contributed by atoms with Crippen molar-refractivity contribution < 1.29 is 13.9 Å². The average molecular weight is 459 g/mol. The van der Waals surface area contributed by atoms with Crippen LogP contribution in [0.25, 0.3) is 0 Å².